The van der Waals surface area contributed by atoms with Gasteiger partial charge < -0.3 is 16.0 Å². The van der Waals surface area contributed by atoms with Crippen LogP contribution in [-0.4, -0.2) is 36.0 Å². The number of hydrogen-bond acceptors (Lipinski definition) is 5. The Bertz CT molecular complexity index is 453. The van der Waals surface area contributed by atoms with E-state index in [1.165, 1.54) is 6.20 Å². The van der Waals surface area contributed by atoms with Crippen molar-refractivity contribution >= 4 is 29.3 Å². The van der Waals surface area contributed by atoms with Crippen LogP contribution in [0.2, 0.25) is 5.02 Å². The van der Waals surface area contributed by atoms with Crippen molar-refractivity contribution in [1.82, 2.24) is 15.3 Å². The van der Waals surface area contributed by atoms with Crippen molar-refractivity contribution < 1.29 is 4.79 Å². The summed E-state index contributed by atoms with van der Waals surface area (Å²) in [4.78, 5) is 21.6. The van der Waals surface area contributed by atoms with E-state index in [1.807, 2.05) is 4.90 Å². The van der Waals surface area contributed by atoms with Crippen LogP contribution in [0.5, 0.6) is 0 Å². The van der Waals surface area contributed by atoms with Gasteiger partial charge in [0, 0.05) is 20.1 Å². The molecule has 0 aromatic carbocycles. The van der Waals surface area contributed by atoms with E-state index in [1.54, 1.807) is 7.05 Å². The van der Waals surface area contributed by atoms with Gasteiger partial charge in [-0.05, 0) is 12.8 Å². The number of nitrogen functional groups attached to an aromatic ring is 1. The Kier molecular flexibility index (Phi) is 3.86. The molecule has 18 heavy (non-hydrogen) atoms. The molecule has 1 aliphatic heterocycles. The van der Waals surface area contributed by atoms with E-state index < -0.39 is 0 Å². The predicted octanol–water partition coefficient (Wildman–Crippen LogP) is 0.675. The van der Waals surface area contributed by atoms with Crippen molar-refractivity contribution in [2.75, 3.05) is 30.8 Å². The van der Waals surface area contributed by atoms with Crippen LogP contribution in [0.4, 0.5) is 11.8 Å². The number of nitrogens with zero attached hydrogens (tertiary/aromatic N) is 3. The predicted molar refractivity (Wildman–Crippen MR) is 70.5 cm³/mol. The van der Waals surface area contributed by atoms with Crippen LogP contribution >= 0.6 is 11.6 Å². The molecule has 1 amide bonds. The number of rotatable bonds is 2. The summed E-state index contributed by atoms with van der Waals surface area (Å²) in [7, 11) is 1.65. The zero-order chi connectivity index (χ0) is 13.1. The highest BCUT2D eigenvalue weighted by Gasteiger charge is 2.27. The van der Waals surface area contributed by atoms with Crippen molar-refractivity contribution in [2.24, 2.45) is 5.92 Å². The first-order valence-corrected chi connectivity index (χ1v) is 6.24. The number of piperidine rings is 1. The first-order chi connectivity index (χ1) is 8.61. The highest BCUT2D eigenvalue weighted by atomic mass is 35.5. The number of carbonyl (C=O) groups is 1. The fourth-order valence-corrected chi connectivity index (χ4v) is 2.39. The topological polar surface area (TPSA) is 84.1 Å². The van der Waals surface area contributed by atoms with Gasteiger partial charge in [0.15, 0.2) is 5.82 Å². The van der Waals surface area contributed by atoms with E-state index in [9.17, 15) is 4.79 Å². The molecule has 0 radical (unpaired) electrons. The minimum Gasteiger partial charge on any atom is -0.368 e. The van der Waals surface area contributed by atoms with E-state index in [4.69, 9.17) is 17.3 Å². The first-order valence-electron chi connectivity index (χ1n) is 5.86. The van der Waals surface area contributed by atoms with Gasteiger partial charge >= 0.3 is 0 Å². The van der Waals surface area contributed by atoms with E-state index in [0.717, 1.165) is 19.4 Å². The van der Waals surface area contributed by atoms with E-state index in [0.29, 0.717) is 17.4 Å². The molecule has 6 nitrogen and oxygen atoms in total. The zero-order valence-corrected chi connectivity index (χ0v) is 10.9. The monoisotopic (exact) mass is 269 g/mol. The van der Waals surface area contributed by atoms with Crippen molar-refractivity contribution in [3.8, 4) is 0 Å². The number of nitrogens with two attached hydrogens (primary N) is 1. The largest absolute Gasteiger partial charge is 0.368 e. The molecule has 3 N–H and O–H groups in total. The molecule has 0 aliphatic carbocycles. The van der Waals surface area contributed by atoms with Crippen LogP contribution in [0.25, 0.3) is 0 Å². The molecule has 1 saturated heterocycles. The number of anilines is 2. The molecular weight excluding hydrogens is 254 g/mol. The minimum atomic E-state index is -0.0315. The molecule has 0 bridgehead atoms. The number of hydrogen-bond donors (Lipinski definition) is 2. The lowest BCUT2D eigenvalue weighted by Gasteiger charge is -2.33. The van der Waals surface area contributed by atoms with Crippen LogP contribution in [0.1, 0.15) is 12.8 Å². The van der Waals surface area contributed by atoms with E-state index >= 15 is 0 Å². The Morgan fingerprint density at radius 1 is 1.67 bits per heavy atom. The van der Waals surface area contributed by atoms with Gasteiger partial charge in [-0.3, -0.25) is 4.79 Å². The van der Waals surface area contributed by atoms with Gasteiger partial charge in [0.1, 0.15) is 5.02 Å². The molecule has 0 spiro atoms. The molecule has 7 heteroatoms. The number of carbonyl (C=O) groups excluding carboxylic acids is 1. The number of aromatic nitrogens is 2. The molecule has 0 saturated carbocycles. The van der Waals surface area contributed by atoms with Crippen LogP contribution in [0.15, 0.2) is 6.20 Å². The van der Waals surface area contributed by atoms with Crippen LogP contribution < -0.4 is 16.0 Å². The first kappa shape index (κ1) is 12.9. The summed E-state index contributed by atoms with van der Waals surface area (Å²) >= 11 is 6.07. The van der Waals surface area contributed by atoms with Gasteiger partial charge in [-0.2, -0.15) is 4.98 Å². The Hall–Kier alpha value is -1.56. The van der Waals surface area contributed by atoms with Crippen molar-refractivity contribution in [3.63, 3.8) is 0 Å². The van der Waals surface area contributed by atoms with Crippen molar-refractivity contribution in [2.45, 2.75) is 12.8 Å². The molecule has 1 aliphatic rings. The third-order valence-corrected chi connectivity index (χ3v) is 3.35. The molecule has 1 aromatic heterocycles. The highest BCUT2D eigenvalue weighted by Crippen LogP contribution is 2.27. The highest BCUT2D eigenvalue weighted by molar-refractivity contribution is 6.32. The lowest BCUT2D eigenvalue weighted by molar-refractivity contribution is -0.124. The third-order valence-electron chi connectivity index (χ3n) is 3.08. The Morgan fingerprint density at radius 2 is 2.44 bits per heavy atom. The third kappa shape index (κ3) is 2.64. The average Bonchev–Trinajstić information content (AvgIpc) is 2.40. The summed E-state index contributed by atoms with van der Waals surface area (Å²) in [5.74, 6) is 0.822. The van der Waals surface area contributed by atoms with E-state index in [2.05, 4.69) is 15.3 Å². The van der Waals surface area contributed by atoms with Crippen molar-refractivity contribution in [1.29, 1.82) is 0 Å². The summed E-state index contributed by atoms with van der Waals surface area (Å²) in [5.41, 5.74) is 5.57. The zero-order valence-electron chi connectivity index (χ0n) is 10.2. The molecule has 2 heterocycles. The smallest absolute Gasteiger partial charge is 0.224 e. The van der Waals surface area contributed by atoms with Gasteiger partial charge in [0.2, 0.25) is 11.9 Å². The molecule has 1 unspecified atom stereocenters. The Balaban J connectivity index is 2.18. The SMILES string of the molecule is CNC(=O)C1CCCN(c2nc(N)ncc2Cl)C1. The Morgan fingerprint density at radius 3 is 3.17 bits per heavy atom. The quantitative estimate of drug-likeness (QED) is 0.825. The average molecular weight is 270 g/mol. The maximum atomic E-state index is 11.7. The van der Waals surface area contributed by atoms with Gasteiger partial charge in [0.25, 0.3) is 0 Å². The molecule has 1 aromatic rings. The molecular formula is C11H16ClN5O. The number of nitrogens with one attached hydrogen (secondary N) is 1. The van der Waals surface area contributed by atoms with Crippen LogP contribution in [-0.2, 0) is 4.79 Å². The van der Waals surface area contributed by atoms with E-state index in [-0.39, 0.29) is 17.8 Å². The van der Waals surface area contributed by atoms with Gasteiger partial charge in [-0.1, -0.05) is 11.6 Å². The van der Waals surface area contributed by atoms with Gasteiger partial charge in [-0.25, -0.2) is 4.98 Å². The summed E-state index contributed by atoms with van der Waals surface area (Å²) < 4.78 is 0. The second-order valence-electron chi connectivity index (χ2n) is 4.30. The Labute approximate surface area is 111 Å². The standard InChI is InChI=1S/C11H16ClN5O/c1-14-10(18)7-3-2-4-17(6-7)9-8(12)5-15-11(13)16-9/h5,7H,2-4,6H2,1H3,(H,14,18)(H2,13,15,16). The summed E-state index contributed by atoms with van der Waals surface area (Å²) in [6.07, 6.45) is 3.30. The molecule has 2 rings (SSSR count). The van der Waals surface area contributed by atoms with Gasteiger partial charge in [0.05, 0.1) is 12.1 Å². The summed E-state index contributed by atoms with van der Waals surface area (Å²) in [6, 6.07) is 0. The lowest BCUT2D eigenvalue weighted by atomic mass is 9.97. The lowest BCUT2D eigenvalue weighted by Crippen LogP contribution is -2.42. The fraction of sp³-hybridized carbons (Fsp3) is 0.545. The second kappa shape index (κ2) is 5.39. The van der Waals surface area contributed by atoms with Crippen LogP contribution in [0, 0.1) is 5.92 Å². The normalized spacial score (nSPS) is 19.7. The second-order valence-corrected chi connectivity index (χ2v) is 4.71. The van der Waals surface area contributed by atoms with Gasteiger partial charge in [-0.15, -0.1) is 0 Å². The number of amides is 1. The maximum absolute atomic E-state index is 11.7. The summed E-state index contributed by atoms with van der Waals surface area (Å²) in [5, 5.41) is 3.14. The van der Waals surface area contributed by atoms with Crippen molar-refractivity contribution in [3.05, 3.63) is 11.2 Å². The fourth-order valence-electron chi connectivity index (χ4n) is 2.18. The molecule has 1 fully saturated rings. The summed E-state index contributed by atoms with van der Waals surface area (Å²) in [6.45, 7) is 1.43. The minimum absolute atomic E-state index is 0.0315. The van der Waals surface area contributed by atoms with Crippen LogP contribution in [0.3, 0.4) is 0 Å². The molecule has 1 atom stereocenters. The number of halogens is 1. The molecule has 98 valence electrons. The maximum Gasteiger partial charge on any atom is 0.224 e.